The number of methoxy groups -OCH3 is 1. The summed E-state index contributed by atoms with van der Waals surface area (Å²) in [6.45, 7) is 2.06. The van der Waals surface area contributed by atoms with Crippen molar-refractivity contribution in [2.24, 2.45) is 10.3 Å². The van der Waals surface area contributed by atoms with Crippen LogP contribution in [0.2, 0.25) is 0 Å². The molecule has 0 N–H and O–H groups in total. The summed E-state index contributed by atoms with van der Waals surface area (Å²) in [5, 5.41) is 13.4. The molecule has 156 valence electrons. The first-order valence-corrected chi connectivity index (χ1v) is 9.64. The second-order valence-corrected chi connectivity index (χ2v) is 7.28. The molecule has 31 heavy (non-hydrogen) atoms. The molecule has 2 atom stereocenters. The number of carbonyl (C=O) groups is 2. The number of aromatic nitrogens is 2. The van der Waals surface area contributed by atoms with Gasteiger partial charge in [0.2, 0.25) is 11.7 Å². The highest BCUT2D eigenvalue weighted by Crippen LogP contribution is 2.33. The number of hydrogen-bond acceptors (Lipinski definition) is 9. The lowest BCUT2D eigenvalue weighted by atomic mass is 10.1. The average molecular weight is 418 g/mol. The molecule has 0 bridgehead atoms. The summed E-state index contributed by atoms with van der Waals surface area (Å²) in [6, 6.07) is 12.7. The van der Waals surface area contributed by atoms with Crippen LogP contribution in [0.1, 0.15) is 11.5 Å². The predicted molar refractivity (Wildman–Crippen MR) is 108 cm³/mol. The number of ether oxygens (including phenoxy) is 1. The Kier molecular flexibility index (Phi) is 4.46. The van der Waals surface area contributed by atoms with Crippen molar-refractivity contribution in [2.75, 3.05) is 12.0 Å². The van der Waals surface area contributed by atoms with Crippen molar-refractivity contribution in [3.05, 3.63) is 60.0 Å². The van der Waals surface area contributed by atoms with Crippen LogP contribution in [-0.4, -0.2) is 46.2 Å². The van der Waals surface area contributed by atoms with Crippen molar-refractivity contribution in [3.63, 3.8) is 0 Å². The highest BCUT2D eigenvalue weighted by molar-refractivity contribution is 6.25. The molecule has 10 nitrogen and oxygen atoms in total. The fourth-order valence-corrected chi connectivity index (χ4v) is 3.62. The van der Waals surface area contributed by atoms with Crippen LogP contribution < -0.4 is 9.64 Å². The van der Waals surface area contributed by atoms with Gasteiger partial charge in [0.25, 0.3) is 11.8 Å². The van der Waals surface area contributed by atoms with Crippen LogP contribution >= 0.6 is 0 Å². The molecule has 0 aliphatic carbocycles. The Hall–Kier alpha value is -4.08. The molecule has 3 aromatic rings. The Labute approximate surface area is 177 Å². The Balaban J connectivity index is 1.34. The summed E-state index contributed by atoms with van der Waals surface area (Å²) in [6.07, 6.45) is 0. The van der Waals surface area contributed by atoms with E-state index < -0.39 is 23.9 Å². The number of hydrogen-bond donors (Lipinski definition) is 0. The lowest BCUT2D eigenvalue weighted by Crippen LogP contribution is -2.39. The predicted octanol–water partition coefficient (Wildman–Crippen LogP) is 2.55. The van der Waals surface area contributed by atoms with E-state index in [-0.39, 0.29) is 12.4 Å². The number of rotatable bonds is 5. The lowest BCUT2D eigenvalue weighted by molar-refractivity contribution is -0.123. The smallest absolute Gasteiger partial charge is 0.263 e. The lowest BCUT2D eigenvalue weighted by Gasteiger charge is -2.19. The summed E-state index contributed by atoms with van der Waals surface area (Å²) >= 11 is 0. The van der Waals surface area contributed by atoms with Crippen LogP contribution in [0.4, 0.5) is 5.69 Å². The molecule has 0 saturated carbocycles. The van der Waals surface area contributed by atoms with Crippen LogP contribution in [0.15, 0.2) is 63.4 Å². The number of amides is 2. The van der Waals surface area contributed by atoms with Crippen molar-refractivity contribution < 1.29 is 18.8 Å². The second kappa shape index (κ2) is 7.31. The third kappa shape index (κ3) is 3.21. The third-order valence-electron chi connectivity index (χ3n) is 5.26. The Bertz CT molecular complexity index is 1170. The molecule has 2 aliphatic rings. The van der Waals surface area contributed by atoms with Crippen molar-refractivity contribution in [1.82, 2.24) is 15.1 Å². The summed E-state index contributed by atoms with van der Waals surface area (Å²) in [4.78, 5) is 31.4. The van der Waals surface area contributed by atoms with E-state index in [1.807, 2.05) is 31.2 Å². The largest absolute Gasteiger partial charge is 0.497 e. The topological polar surface area (TPSA) is 113 Å². The van der Waals surface area contributed by atoms with Gasteiger partial charge in [-0.2, -0.15) is 10.1 Å². The van der Waals surface area contributed by atoms with Gasteiger partial charge in [0, 0.05) is 5.56 Å². The van der Waals surface area contributed by atoms with E-state index in [2.05, 4.69) is 20.5 Å². The number of nitrogens with zero attached hydrogens (tertiary/aromatic N) is 6. The first-order valence-electron chi connectivity index (χ1n) is 9.64. The zero-order valence-corrected chi connectivity index (χ0v) is 16.8. The summed E-state index contributed by atoms with van der Waals surface area (Å²) < 4.78 is 10.5. The van der Waals surface area contributed by atoms with Crippen molar-refractivity contribution >= 4 is 17.5 Å². The van der Waals surface area contributed by atoms with Gasteiger partial charge in [0.05, 0.1) is 12.8 Å². The molecule has 0 radical (unpaired) electrons. The minimum atomic E-state index is -0.894. The molecule has 10 heteroatoms. The Morgan fingerprint density at radius 2 is 1.77 bits per heavy atom. The first kappa shape index (κ1) is 18.9. The molecule has 1 aromatic heterocycles. The second-order valence-electron chi connectivity index (χ2n) is 7.28. The molecule has 2 aromatic carbocycles. The molecule has 2 aliphatic heterocycles. The fraction of sp³-hybridized carbons (Fsp3) is 0.238. The molecule has 0 spiro atoms. The normalized spacial score (nSPS) is 19.9. The fourth-order valence-electron chi connectivity index (χ4n) is 3.62. The molecule has 2 amide bonds. The van der Waals surface area contributed by atoms with Crippen LogP contribution in [0.25, 0.3) is 11.4 Å². The monoisotopic (exact) mass is 418 g/mol. The third-order valence-corrected chi connectivity index (χ3v) is 5.26. The van der Waals surface area contributed by atoms with Crippen LogP contribution in [0.5, 0.6) is 5.75 Å². The SMILES string of the molecule is COc1ccc(N2C(=O)C3N=NN(Cc4nc(-c5ccc(C)cc5)no4)C3C2=O)cc1. The number of imide groups is 1. The maximum Gasteiger partial charge on any atom is 0.263 e. The van der Waals surface area contributed by atoms with E-state index >= 15 is 0 Å². The maximum absolute atomic E-state index is 13.1. The first-order chi connectivity index (χ1) is 15.0. The maximum atomic E-state index is 13.1. The zero-order valence-electron chi connectivity index (χ0n) is 16.8. The van der Waals surface area contributed by atoms with Crippen LogP contribution in [0, 0.1) is 6.92 Å². The van der Waals surface area contributed by atoms with Gasteiger partial charge in [-0.1, -0.05) is 40.2 Å². The quantitative estimate of drug-likeness (QED) is 0.585. The van der Waals surface area contributed by atoms with Gasteiger partial charge in [0.15, 0.2) is 12.1 Å². The van der Waals surface area contributed by atoms with Gasteiger partial charge in [-0.3, -0.25) is 14.6 Å². The van der Waals surface area contributed by atoms with Gasteiger partial charge >= 0.3 is 0 Å². The van der Waals surface area contributed by atoms with E-state index in [9.17, 15) is 9.59 Å². The van der Waals surface area contributed by atoms with E-state index in [4.69, 9.17) is 9.26 Å². The zero-order chi connectivity index (χ0) is 21.5. The summed E-state index contributed by atoms with van der Waals surface area (Å²) in [5.41, 5.74) is 2.40. The van der Waals surface area contributed by atoms with Gasteiger partial charge in [-0.15, -0.1) is 0 Å². The van der Waals surface area contributed by atoms with Gasteiger partial charge in [-0.05, 0) is 31.2 Å². The highest BCUT2D eigenvalue weighted by Gasteiger charge is 2.55. The highest BCUT2D eigenvalue weighted by atomic mass is 16.5. The van der Waals surface area contributed by atoms with Crippen LogP contribution in [-0.2, 0) is 16.1 Å². The molecule has 1 saturated heterocycles. The van der Waals surface area contributed by atoms with E-state index in [0.717, 1.165) is 16.0 Å². The number of aryl methyl sites for hydroxylation is 1. The number of carbonyl (C=O) groups excluding carboxylic acids is 2. The van der Waals surface area contributed by atoms with E-state index in [1.54, 1.807) is 31.4 Å². The molecular weight excluding hydrogens is 400 g/mol. The molecule has 2 unspecified atom stereocenters. The van der Waals surface area contributed by atoms with Crippen molar-refractivity contribution in [2.45, 2.75) is 25.6 Å². The van der Waals surface area contributed by atoms with Gasteiger partial charge in [-0.25, -0.2) is 4.90 Å². The van der Waals surface area contributed by atoms with Crippen molar-refractivity contribution in [1.29, 1.82) is 0 Å². The van der Waals surface area contributed by atoms with E-state index in [1.165, 1.54) is 5.01 Å². The Morgan fingerprint density at radius 3 is 2.48 bits per heavy atom. The van der Waals surface area contributed by atoms with Gasteiger partial charge < -0.3 is 9.26 Å². The minimum absolute atomic E-state index is 0.0685. The standard InChI is InChI=1S/C21H18N6O4/c1-12-3-5-13(6-4-12)19-22-16(31-24-19)11-26-18-17(23-25-26)20(28)27(21(18)29)14-7-9-15(30-2)10-8-14/h3-10,17-18H,11H2,1-2H3. The molecule has 1 fully saturated rings. The van der Waals surface area contributed by atoms with E-state index in [0.29, 0.717) is 17.3 Å². The average Bonchev–Trinajstić information content (AvgIpc) is 3.47. The number of benzene rings is 2. The summed E-state index contributed by atoms with van der Waals surface area (Å²) in [7, 11) is 1.55. The number of fused-ring (bicyclic) bond motifs is 1. The molecule has 5 rings (SSSR count). The summed E-state index contributed by atoms with van der Waals surface area (Å²) in [5.74, 6) is 0.528. The number of anilines is 1. The van der Waals surface area contributed by atoms with Crippen LogP contribution in [0.3, 0.4) is 0 Å². The Morgan fingerprint density at radius 1 is 1.03 bits per heavy atom. The van der Waals surface area contributed by atoms with Crippen molar-refractivity contribution in [3.8, 4) is 17.1 Å². The molecular formula is C21H18N6O4. The molecule has 3 heterocycles. The van der Waals surface area contributed by atoms with Gasteiger partial charge in [0.1, 0.15) is 12.3 Å². The minimum Gasteiger partial charge on any atom is -0.497 e.